The zero-order valence-corrected chi connectivity index (χ0v) is 16.5. The quantitative estimate of drug-likeness (QED) is 0.541. The summed E-state index contributed by atoms with van der Waals surface area (Å²) in [7, 11) is -3.91. The zero-order chi connectivity index (χ0) is 20.6. The molecule has 0 fully saturated rings. The van der Waals surface area contributed by atoms with Crippen LogP contribution < -0.4 is 15.4 Å². The van der Waals surface area contributed by atoms with Gasteiger partial charge in [-0.25, -0.2) is 13.2 Å². The van der Waals surface area contributed by atoms with Crippen LogP contribution in [-0.4, -0.2) is 39.0 Å². The molecule has 1 aromatic carbocycles. The van der Waals surface area contributed by atoms with E-state index in [0.29, 0.717) is 0 Å². The van der Waals surface area contributed by atoms with Crippen molar-refractivity contribution in [2.24, 2.45) is 0 Å². The van der Waals surface area contributed by atoms with Crippen LogP contribution in [0.5, 0.6) is 0 Å². The fourth-order valence-corrected chi connectivity index (χ4v) is 3.86. The molecule has 0 bridgehead atoms. The van der Waals surface area contributed by atoms with E-state index in [2.05, 4.69) is 10.0 Å². The molecule has 1 atom stereocenters. The number of amides is 3. The van der Waals surface area contributed by atoms with E-state index < -0.39 is 40.6 Å². The molecule has 0 saturated carbocycles. The number of benzene rings is 1. The Morgan fingerprint density at radius 1 is 1.11 bits per heavy atom. The molecule has 0 unspecified atom stereocenters. The Labute approximate surface area is 166 Å². The highest BCUT2D eigenvalue weighted by atomic mass is 32.2. The van der Waals surface area contributed by atoms with Gasteiger partial charge in [0.1, 0.15) is 6.04 Å². The monoisotopic (exact) mass is 425 g/mol. The predicted molar refractivity (Wildman–Crippen MR) is 102 cm³/mol. The number of imide groups is 1. The molecule has 1 aromatic heterocycles. The molecule has 0 aliphatic heterocycles. The van der Waals surface area contributed by atoms with Crippen LogP contribution in [0.25, 0.3) is 0 Å². The van der Waals surface area contributed by atoms with Crippen molar-refractivity contribution in [1.82, 2.24) is 15.4 Å². The van der Waals surface area contributed by atoms with Gasteiger partial charge in [-0.15, -0.1) is 11.3 Å². The van der Waals surface area contributed by atoms with Gasteiger partial charge < -0.3 is 10.1 Å². The van der Waals surface area contributed by atoms with Gasteiger partial charge in [0.25, 0.3) is 5.91 Å². The van der Waals surface area contributed by atoms with Crippen LogP contribution in [0.4, 0.5) is 4.79 Å². The lowest BCUT2D eigenvalue weighted by Crippen LogP contribution is -2.43. The smallest absolute Gasteiger partial charge is 0.324 e. The van der Waals surface area contributed by atoms with Crippen LogP contribution in [0, 0.1) is 0 Å². The topological polar surface area (TPSA) is 131 Å². The molecule has 0 radical (unpaired) electrons. The third-order valence-electron chi connectivity index (χ3n) is 3.34. The van der Waals surface area contributed by atoms with E-state index in [-0.39, 0.29) is 11.4 Å². The molecule has 28 heavy (non-hydrogen) atoms. The van der Waals surface area contributed by atoms with Crippen LogP contribution in [0.1, 0.15) is 11.8 Å². The van der Waals surface area contributed by atoms with Gasteiger partial charge in [0.05, 0.1) is 11.4 Å². The number of hydrogen-bond donors (Lipinski definition) is 3. The highest BCUT2D eigenvalue weighted by Gasteiger charge is 2.23. The number of thiophene rings is 1. The SMILES string of the molecule is C[C@H](NS(=O)(=O)c1ccccc1)C(=O)OCC(=O)NC(=O)NCc1cccs1. The first-order chi connectivity index (χ1) is 13.3. The molecule has 3 amide bonds. The summed E-state index contributed by atoms with van der Waals surface area (Å²) < 4.78 is 31.2. The van der Waals surface area contributed by atoms with Crippen LogP contribution in [0.15, 0.2) is 52.7 Å². The Balaban J connectivity index is 1.74. The van der Waals surface area contributed by atoms with E-state index in [1.807, 2.05) is 22.8 Å². The maximum absolute atomic E-state index is 12.1. The summed E-state index contributed by atoms with van der Waals surface area (Å²) in [5.41, 5.74) is 0. The van der Waals surface area contributed by atoms with Crippen molar-refractivity contribution in [3.05, 3.63) is 52.7 Å². The van der Waals surface area contributed by atoms with Crippen molar-refractivity contribution in [3.63, 3.8) is 0 Å². The number of rotatable bonds is 8. The second-order valence-corrected chi connectivity index (χ2v) is 8.32. The van der Waals surface area contributed by atoms with Gasteiger partial charge >= 0.3 is 12.0 Å². The molecule has 2 rings (SSSR count). The summed E-state index contributed by atoms with van der Waals surface area (Å²) in [5.74, 6) is -1.79. The summed E-state index contributed by atoms with van der Waals surface area (Å²) in [6, 6.07) is 9.22. The highest BCUT2D eigenvalue weighted by molar-refractivity contribution is 7.89. The lowest BCUT2D eigenvalue weighted by atomic mass is 10.4. The molecule has 3 N–H and O–H groups in total. The van der Waals surface area contributed by atoms with Crippen molar-refractivity contribution in [3.8, 4) is 0 Å². The van der Waals surface area contributed by atoms with E-state index >= 15 is 0 Å². The molecule has 9 nitrogen and oxygen atoms in total. The number of sulfonamides is 1. The molecular weight excluding hydrogens is 406 g/mol. The standard InChI is InChI=1S/C17H19N3O6S2/c1-12(20-28(24,25)14-7-3-2-4-8-14)16(22)26-11-15(21)19-17(23)18-10-13-6-5-9-27-13/h2-9,12,20H,10-11H2,1H3,(H2,18,19,21,23)/t12-/m0/s1. The second-order valence-electron chi connectivity index (χ2n) is 5.57. The first-order valence-electron chi connectivity index (χ1n) is 8.12. The predicted octanol–water partition coefficient (Wildman–Crippen LogP) is 0.984. The van der Waals surface area contributed by atoms with Gasteiger partial charge in [-0.3, -0.25) is 14.9 Å². The molecule has 0 saturated heterocycles. The summed E-state index contributed by atoms with van der Waals surface area (Å²) in [6.45, 7) is 0.825. The molecular formula is C17H19N3O6S2. The minimum absolute atomic E-state index is 0.00481. The van der Waals surface area contributed by atoms with Crippen molar-refractivity contribution in [2.75, 3.05) is 6.61 Å². The van der Waals surface area contributed by atoms with Crippen LogP contribution >= 0.6 is 11.3 Å². The van der Waals surface area contributed by atoms with E-state index in [9.17, 15) is 22.8 Å². The van der Waals surface area contributed by atoms with Gasteiger partial charge in [0, 0.05) is 4.88 Å². The Kier molecular flexibility index (Phi) is 7.67. The van der Waals surface area contributed by atoms with Gasteiger partial charge in [-0.2, -0.15) is 4.72 Å². The maximum Gasteiger partial charge on any atom is 0.324 e. The Morgan fingerprint density at radius 3 is 2.46 bits per heavy atom. The van der Waals surface area contributed by atoms with Crippen LogP contribution in [0.3, 0.4) is 0 Å². The highest BCUT2D eigenvalue weighted by Crippen LogP contribution is 2.08. The summed E-state index contributed by atoms with van der Waals surface area (Å²) in [6.07, 6.45) is 0. The number of ether oxygens (including phenoxy) is 1. The second kappa shape index (κ2) is 9.97. The third kappa shape index (κ3) is 6.76. The van der Waals surface area contributed by atoms with Gasteiger partial charge in [0.15, 0.2) is 6.61 Å². The van der Waals surface area contributed by atoms with E-state index in [1.165, 1.54) is 30.4 Å². The number of esters is 1. The van der Waals surface area contributed by atoms with E-state index in [4.69, 9.17) is 4.74 Å². The van der Waals surface area contributed by atoms with Gasteiger partial charge in [-0.1, -0.05) is 24.3 Å². The number of urea groups is 1. The number of nitrogens with one attached hydrogen (secondary N) is 3. The summed E-state index contributed by atoms with van der Waals surface area (Å²) in [4.78, 5) is 36.1. The minimum atomic E-state index is -3.91. The van der Waals surface area contributed by atoms with Crippen LogP contribution in [-0.2, 0) is 30.9 Å². The zero-order valence-electron chi connectivity index (χ0n) is 14.9. The van der Waals surface area contributed by atoms with Crippen molar-refractivity contribution < 1.29 is 27.5 Å². The van der Waals surface area contributed by atoms with E-state index in [1.54, 1.807) is 18.2 Å². The van der Waals surface area contributed by atoms with Gasteiger partial charge in [0.2, 0.25) is 10.0 Å². The molecule has 150 valence electrons. The average Bonchev–Trinajstić information content (AvgIpc) is 3.18. The molecule has 0 aliphatic carbocycles. The fraction of sp³-hybridized carbons (Fsp3) is 0.235. The Morgan fingerprint density at radius 2 is 1.82 bits per heavy atom. The maximum atomic E-state index is 12.1. The van der Waals surface area contributed by atoms with Gasteiger partial charge in [-0.05, 0) is 30.5 Å². The Bertz CT molecular complexity index is 914. The average molecular weight is 425 g/mol. The molecule has 0 aliphatic rings. The molecule has 0 spiro atoms. The lowest BCUT2D eigenvalue weighted by Gasteiger charge is -2.13. The molecule has 2 aromatic rings. The van der Waals surface area contributed by atoms with Crippen molar-refractivity contribution in [1.29, 1.82) is 0 Å². The largest absolute Gasteiger partial charge is 0.454 e. The minimum Gasteiger partial charge on any atom is -0.454 e. The molecule has 1 heterocycles. The third-order valence-corrected chi connectivity index (χ3v) is 5.77. The summed E-state index contributed by atoms with van der Waals surface area (Å²) >= 11 is 1.45. The van der Waals surface area contributed by atoms with Crippen molar-refractivity contribution in [2.45, 2.75) is 24.4 Å². The molecule has 11 heteroatoms. The van der Waals surface area contributed by atoms with Crippen molar-refractivity contribution >= 4 is 39.3 Å². The van der Waals surface area contributed by atoms with Crippen LogP contribution in [0.2, 0.25) is 0 Å². The summed E-state index contributed by atoms with van der Waals surface area (Å²) in [5, 5.41) is 6.35. The number of carbonyl (C=O) groups excluding carboxylic acids is 3. The number of carbonyl (C=O) groups is 3. The fourth-order valence-electron chi connectivity index (χ4n) is 2.00. The lowest BCUT2D eigenvalue weighted by molar-refractivity contribution is -0.149. The first-order valence-corrected chi connectivity index (χ1v) is 10.5. The number of hydrogen-bond acceptors (Lipinski definition) is 7. The first kappa shape index (κ1) is 21.5. The van der Waals surface area contributed by atoms with E-state index in [0.717, 1.165) is 4.88 Å². The Hall–Kier alpha value is -2.76. The normalized spacial score (nSPS) is 12.0.